The Hall–Kier alpha value is -1.41. The first kappa shape index (κ1) is 11.7. The highest BCUT2D eigenvalue weighted by Gasteiger charge is 2.17. The van der Waals surface area contributed by atoms with E-state index in [9.17, 15) is 4.79 Å². The number of nitrogens with zero attached hydrogens (tertiary/aromatic N) is 3. The second-order valence-electron chi connectivity index (χ2n) is 3.08. The van der Waals surface area contributed by atoms with E-state index in [4.69, 9.17) is 5.26 Å². The smallest absolute Gasteiger partial charge is 0.273 e. The van der Waals surface area contributed by atoms with Crippen LogP contribution in [0.25, 0.3) is 0 Å². The molecule has 4 nitrogen and oxygen atoms in total. The van der Waals surface area contributed by atoms with Gasteiger partial charge in [-0.25, -0.2) is 4.98 Å². The summed E-state index contributed by atoms with van der Waals surface area (Å²) in [5.74, 6) is -0.253. The SMILES string of the molecule is CC(C#N)N(C)C(=O)c1ccc(Br)cn1. The largest absolute Gasteiger partial charge is 0.325 e. The van der Waals surface area contributed by atoms with Crippen molar-refractivity contribution in [1.82, 2.24) is 9.88 Å². The van der Waals surface area contributed by atoms with Gasteiger partial charge in [-0.15, -0.1) is 0 Å². The average molecular weight is 268 g/mol. The summed E-state index contributed by atoms with van der Waals surface area (Å²) in [7, 11) is 1.58. The first-order chi connectivity index (χ1) is 7.06. The lowest BCUT2D eigenvalue weighted by atomic mass is 10.2. The van der Waals surface area contributed by atoms with Gasteiger partial charge in [0.05, 0.1) is 6.07 Å². The van der Waals surface area contributed by atoms with E-state index < -0.39 is 6.04 Å². The fraction of sp³-hybridized carbons (Fsp3) is 0.300. The number of hydrogen-bond donors (Lipinski definition) is 0. The van der Waals surface area contributed by atoms with Gasteiger partial charge in [-0.3, -0.25) is 4.79 Å². The molecule has 0 saturated heterocycles. The van der Waals surface area contributed by atoms with Gasteiger partial charge in [-0.2, -0.15) is 5.26 Å². The average Bonchev–Trinajstić information content (AvgIpc) is 2.27. The van der Waals surface area contributed by atoms with E-state index in [0.29, 0.717) is 5.69 Å². The van der Waals surface area contributed by atoms with Gasteiger partial charge in [0.15, 0.2) is 0 Å². The number of carbonyl (C=O) groups excluding carboxylic acids is 1. The van der Waals surface area contributed by atoms with Gasteiger partial charge >= 0.3 is 0 Å². The lowest BCUT2D eigenvalue weighted by Crippen LogP contribution is -2.34. The standard InChI is InChI=1S/C10H10BrN3O/c1-7(5-12)14(2)10(15)9-4-3-8(11)6-13-9/h3-4,6-7H,1-2H3. The van der Waals surface area contributed by atoms with E-state index in [0.717, 1.165) is 4.47 Å². The highest BCUT2D eigenvalue weighted by molar-refractivity contribution is 9.10. The number of hydrogen-bond acceptors (Lipinski definition) is 3. The summed E-state index contributed by atoms with van der Waals surface area (Å²) in [6.45, 7) is 1.66. The van der Waals surface area contributed by atoms with Crippen molar-refractivity contribution in [3.63, 3.8) is 0 Å². The molecule has 1 aromatic rings. The maximum absolute atomic E-state index is 11.8. The van der Waals surface area contributed by atoms with Crippen LogP contribution < -0.4 is 0 Å². The predicted molar refractivity (Wildman–Crippen MR) is 59.1 cm³/mol. The van der Waals surface area contributed by atoms with Crippen LogP contribution in [0.3, 0.4) is 0 Å². The summed E-state index contributed by atoms with van der Waals surface area (Å²) < 4.78 is 0.815. The molecule has 5 heteroatoms. The van der Waals surface area contributed by atoms with E-state index >= 15 is 0 Å². The summed E-state index contributed by atoms with van der Waals surface area (Å²) >= 11 is 3.23. The van der Waals surface area contributed by atoms with Crippen molar-refractivity contribution in [2.45, 2.75) is 13.0 Å². The van der Waals surface area contributed by atoms with E-state index in [1.165, 1.54) is 4.90 Å². The maximum atomic E-state index is 11.8. The minimum atomic E-state index is -0.456. The fourth-order valence-electron chi connectivity index (χ4n) is 0.945. The van der Waals surface area contributed by atoms with Gasteiger partial charge in [0.1, 0.15) is 11.7 Å². The van der Waals surface area contributed by atoms with E-state index in [-0.39, 0.29) is 5.91 Å². The van der Waals surface area contributed by atoms with Gasteiger partial charge in [0, 0.05) is 17.7 Å². The lowest BCUT2D eigenvalue weighted by molar-refractivity contribution is 0.0767. The Bertz CT molecular complexity index is 396. The molecular formula is C10H10BrN3O. The molecule has 0 aliphatic heterocycles. The minimum absolute atomic E-state index is 0.253. The van der Waals surface area contributed by atoms with Crippen molar-refractivity contribution in [2.24, 2.45) is 0 Å². The number of halogens is 1. The first-order valence-corrected chi connectivity index (χ1v) is 5.14. The summed E-state index contributed by atoms with van der Waals surface area (Å²) in [4.78, 5) is 17.1. The van der Waals surface area contributed by atoms with Crippen molar-refractivity contribution in [3.8, 4) is 6.07 Å². The molecule has 0 bridgehead atoms. The van der Waals surface area contributed by atoms with Gasteiger partial charge in [-0.05, 0) is 35.0 Å². The van der Waals surface area contributed by atoms with Crippen LogP contribution in [0.15, 0.2) is 22.8 Å². The Balaban J connectivity index is 2.86. The molecular weight excluding hydrogens is 258 g/mol. The molecule has 0 aliphatic carbocycles. The van der Waals surface area contributed by atoms with Crippen LogP contribution in [0.2, 0.25) is 0 Å². The third-order valence-corrected chi connectivity index (χ3v) is 2.50. The van der Waals surface area contributed by atoms with Crippen molar-refractivity contribution in [2.75, 3.05) is 7.05 Å². The lowest BCUT2D eigenvalue weighted by Gasteiger charge is -2.18. The Morgan fingerprint density at radius 3 is 2.80 bits per heavy atom. The molecule has 1 heterocycles. The topological polar surface area (TPSA) is 57.0 Å². The van der Waals surface area contributed by atoms with Crippen molar-refractivity contribution in [1.29, 1.82) is 5.26 Å². The maximum Gasteiger partial charge on any atom is 0.273 e. The molecule has 0 saturated carbocycles. The van der Waals surface area contributed by atoms with Crippen LogP contribution in [-0.4, -0.2) is 28.9 Å². The molecule has 1 unspecified atom stereocenters. The second-order valence-corrected chi connectivity index (χ2v) is 4.00. The fourth-order valence-corrected chi connectivity index (χ4v) is 1.18. The van der Waals surface area contributed by atoms with Gasteiger partial charge in [-0.1, -0.05) is 0 Å². The van der Waals surface area contributed by atoms with Crippen LogP contribution >= 0.6 is 15.9 Å². The molecule has 1 atom stereocenters. The van der Waals surface area contributed by atoms with E-state index in [2.05, 4.69) is 20.9 Å². The first-order valence-electron chi connectivity index (χ1n) is 4.34. The van der Waals surface area contributed by atoms with E-state index in [1.54, 1.807) is 32.3 Å². The molecule has 0 radical (unpaired) electrons. The molecule has 0 N–H and O–H groups in total. The van der Waals surface area contributed by atoms with E-state index in [1.807, 2.05) is 6.07 Å². The van der Waals surface area contributed by atoms with Crippen molar-refractivity contribution in [3.05, 3.63) is 28.5 Å². The van der Waals surface area contributed by atoms with Gasteiger partial charge in [0.2, 0.25) is 0 Å². The predicted octanol–water partition coefficient (Wildman–Crippen LogP) is 1.83. The molecule has 1 rings (SSSR count). The summed E-state index contributed by atoms with van der Waals surface area (Å²) in [5.41, 5.74) is 0.336. The molecule has 0 aromatic carbocycles. The van der Waals surface area contributed by atoms with Crippen molar-refractivity contribution >= 4 is 21.8 Å². The normalized spacial score (nSPS) is 11.6. The Kier molecular flexibility index (Phi) is 3.81. The Morgan fingerprint density at radius 1 is 1.67 bits per heavy atom. The summed E-state index contributed by atoms with van der Waals surface area (Å²) in [6, 6.07) is 4.90. The van der Waals surface area contributed by atoms with Gasteiger partial charge in [0.25, 0.3) is 5.91 Å². The highest BCUT2D eigenvalue weighted by Crippen LogP contribution is 2.09. The number of nitriles is 1. The zero-order valence-corrected chi connectivity index (χ0v) is 10.0. The number of amides is 1. The molecule has 0 aliphatic rings. The molecule has 0 spiro atoms. The van der Waals surface area contributed by atoms with Crippen LogP contribution in [0, 0.1) is 11.3 Å². The molecule has 78 valence electrons. The highest BCUT2D eigenvalue weighted by atomic mass is 79.9. The third kappa shape index (κ3) is 2.77. The molecule has 1 aromatic heterocycles. The van der Waals surface area contributed by atoms with Crippen molar-refractivity contribution < 1.29 is 4.79 Å². The number of aromatic nitrogens is 1. The number of carbonyl (C=O) groups is 1. The van der Waals surface area contributed by atoms with Crippen LogP contribution in [-0.2, 0) is 0 Å². The minimum Gasteiger partial charge on any atom is -0.325 e. The number of pyridine rings is 1. The van der Waals surface area contributed by atoms with Gasteiger partial charge < -0.3 is 4.90 Å². The quantitative estimate of drug-likeness (QED) is 0.822. The molecule has 0 fully saturated rings. The Morgan fingerprint density at radius 2 is 2.33 bits per heavy atom. The van der Waals surface area contributed by atoms with Crippen LogP contribution in [0.4, 0.5) is 0 Å². The Labute approximate surface area is 96.7 Å². The zero-order chi connectivity index (χ0) is 11.4. The van der Waals surface area contributed by atoms with Crippen LogP contribution in [0.1, 0.15) is 17.4 Å². The third-order valence-electron chi connectivity index (χ3n) is 2.03. The molecule has 15 heavy (non-hydrogen) atoms. The molecule has 1 amide bonds. The summed E-state index contributed by atoms with van der Waals surface area (Å²) in [6.07, 6.45) is 1.55. The van der Waals surface area contributed by atoms with Crippen LogP contribution in [0.5, 0.6) is 0 Å². The second kappa shape index (κ2) is 4.89. The summed E-state index contributed by atoms with van der Waals surface area (Å²) in [5, 5.41) is 8.67. The number of rotatable bonds is 2. The monoisotopic (exact) mass is 267 g/mol. The zero-order valence-electron chi connectivity index (χ0n) is 8.44.